The summed E-state index contributed by atoms with van der Waals surface area (Å²) in [6.07, 6.45) is 0.114. The fourth-order valence-electron chi connectivity index (χ4n) is 7.18. The van der Waals surface area contributed by atoms with E-state index in [4.69, 9.17) is 19.7 Å². The van der Waals surface area contributed by atoms with Gasteiger partial charge in [-0.25, -0.2) is 42.6 Å². The first-order valence-corrected chi connectivity index (χ1v) is 14.7. The predicted molar refractivity (Wildman–Crippen MR) is 175 cm³/mol. The highest BCUT2D eigenvalue weighted by Crippen LogP contribution is 2.45. The molecule has 0 saturated heterocycles. The van der Waals surface area contributed by atoms with Crippen LogP contribution in [0.5, 0.6) is 0 Å². The molecule has 2 aliphatic rings. The third-order valence-corrected chi connectivity index (χ3v) is 9.12. The van der Waals surface area contributed by atoms with Crippen LogP contribution in [0, 0.1) is 77.0 Å². The van der Waals surface area contributed by atoms with Crippen molar-refractivity contribution in [3.05, 3.63) is 156 Å². The van der Waals surface area contributed by atoms with Crippen LogP contribution in [0.2, 0.25) is 0 Å². The second-order valence-electron chi connectivity index (χ2n) is 11.4. The number of rotatable bonds is 2. The van der Waals surface area contributed by atoms with Crippen molar-refractivity contribution < 1.29 is 17.6 Å². The lowest BCUT2D eigenvalue weighted by Gasteiger charge is -2.13. The monoisotopic (exact) mass is 654 g/mol. The van der Waals surface area contributed by atoms with Crippen molar-refractivity contribution in [1.29, 1.82) is 15.8 Å². The molecule has 6 nitrogen and oxygen atoms in total. The lowest BCUT2D eigenvalue weighted by Crippen LogP contribution is -2.25. The highest BCUT2D eigenvalue weighted by atomic mass is 19.1. The van der Waals surface area contributed by atoms with E-state index in [0.717, 1.165) is 24.3 Å². The van der Waals surface area contributed by atoms with Crippen LogP contribution in [0.3, 0.4) is 0 Å². The molecule has 0 heterocycles. The number of nitrogens with zero attached hydrogens (tertiary/aromatic N) is 6. The van der Waals surface area contributed by atoms with Crippen LogP contribution in [-0.4, -0.2) is 0 Å². The Kier molecular flexibility index (Phi) is 7.24. The molecule has 0 N–H and O–H groups in total. The summed E-state index contributed by atoms with van der Waals surface area (Å²) in [6.45, 7) is 23.0. The molecule has 0 spiro atoms. The Morgan fingerprint density at radius 1 is 0.580 bits per heavy atom. The molecule has 7 rings (SSSR count). The molecule has 0 aliphatic heterocycles. The third kappa shape index (κ3) is 4.35. The first-order chi connectivity index (χ1) is 24.2. The van der Waals surface area contributed by atoms with Crippen LogP contribution >= 0.6 is 0 Å². The lowest BCUT2D eigenvalue weighted by molar-refractivity contribution is 0.577. The summed E-state index contributed by atoms with van der Waals surface area (Å²) in [5, 5.41) is 30.2. The molecule has 0 aromatic heterocycles. The quantitative estimate of drug-likeness (QED) is 0.139. The van der Waals surface area contributed by atoms with E-state index in [9.17, 15) is 33.3 Å². The van der Waals surface area contributed by atoms with Crippen molar-refractivity contribution in [2.45, 2.75) is 12.8 Å². The van der Waals surface area contributed by atoms with Gasteiger partial charge in [-0.05, 0) is 104 Å². The van der Waals surface area contributed by atoms with Gasteiger partial charge in [0.1, 0.15) is 34.9 Å². The van der Waals surface area contributed by atoms with E-state index in [-0.39, 0.29) is 45.8 Å². The van der Waals surface area contributed by atoms with Crippen LogP contribution < -0.4 is 10.4 Å². The molecule has 0 fully saturated rings. The largest absolute Gasteiger partial charge is 0.269 e. The van der Waals surface area contributed by atoms with E-state index < -0.39 is 34.5 Å². The molecule has 0 amide bonds. The predicted octanol–water partition coefficient (Wildman–Crippen LogP) is 8.24. The molecule has 0 atom stereocenters. The molecule has 10 heteroatoms. The van der Waals surface area contributed by atoms with Gasteiger partial charge in [0, 0.05) is 10.4 Å². The Bertz CT molecular complexity index is 2560. The van der Waals surface area contributed by atoms with E-state index in [2.05, 4.69) is 14.5 Å². The molecular formula is C40H14F4N6. The summed E-state index contributed by atoms with van der Waals surface area (Å²) >= 11 is 0. The van der Waals surface area contributed by atoms with Gasteiger partial charge in [-0.15, -0.1) is 0 Å². The minimum Gasteiger partial charge on any atom is -0.232 e. The highest BCUT2D eigenvalue weighted by Gasteiger charge is 2.34. The Balaban J connectivity index is 1.60. The van der Waals surface area contributed by atoms with E-state index in [1.165, 1.54) is 6.07 Å². The van der Waals surface area contributed by atoms with Crippen molar-refractivity contribution in [1.82, 2.24) is 0 Å². The molecule has 0 saturated carbocycles. The van der Waals surface area contributed by atoms with Gasteiger partial charge < -0.3 is 0 Å². The van der Waals surface area contributed by atoms with Crippen LogP contribution in [0.4, 0.5) is 23.2 Å². The third-order valence-electron chi connectivity index (χ3n) is 9.12. The number of fused-ring (bicyclic) bond motifs is 6. The van der Waals surface area contributed by atoms with Crippen LogP contribution in [-0.2, 0) is 12.8 Å². The van der Waals surface area contributed by atoms with Crippen LogP contribution in [0.25, 0.3) is 70.4 Å². The highest BCUT2D eigenvalue weighted by molar-refractivity contribution is 5.96. The smallest absolute Gasteiger partial charge is 0.232 e. The average molecular weight is 655 g/mol. The van der Waals surface area contributed by atoms with Crippen molar-refractivity contribution in [3.8, 4) is 62.7 Å². The van der Waals surface area contributed by atoms with E-state index in [0.29, 0.717) is 55.6 Å². The fourth-order valence-corrected chi connectivity index (χ4v) is 7.18. The first kappa shape index (κ1) is 31.1. The molecular weight excluding hydrogens is 640 g/mol. The van der Waals surface area contributed by atoms with Crippen LogP contribution in [0.15, 0.2) is 60.7 Å². The Morgan fingerprint density at radius 2 is 0.980 bits per heavy atom. The van der Waals surface area contributed by atoms with Gasteiger partial charge in [-0.1, -0.05) is 36.4 Å². The maximum Gasteiger partial charge on any atom is 0.269 e. The molecule has 232 valence electrons. The number of hydrogen-bond acceptors (Lipinski definition) is 3. The topological polar surface area (TPSA) is 84.4 Å². The summed E-state index contributed by atoms with van der Waals surface area (Å²) in [5.74, 6) is -4.18. The van der Waals surface area contributed by atoms with Crippen molar-refractivity contribution in [3.63, 3.8) is 0 Å². The maximum atomic E-state index is 14.8. The van der Waals surface area contributed by atoms with Gasteiger partial charge in [-0.2, -0.15) is 5.26 Å². The van der Waals surface area contributed by atoms with Crippen molar-refractivity contribution in [2.24, 2.45) is 0 Å². The van der Waals surface area contributed by atoms with Gasteiger partial charge in [0.05, 0.1) is 31.9 Å². The van der Waals surface area contributed by atoms with E-state index >= 15 is 0 Å². The van der Waals surface area contributed by atoms with Gasteiger partial charge >= 0.3 is 0 Å². The second kappa shape index (κ2) is 11.6. The molecule has 5 aromatic carbocycles. The normalized spacial score (nSPS) is 12.8. The van der Waals surface area contributed by atoms with Crippen molar-refractivity contribution >= 4 is 17.1 Å². The summed E-state index contributed by atoms with van der Waals surface area (Å²) < 4.78 is 59.3. The number of halogens is 4. The number of benzene rings is 5. The average Bonchev–Trinajstić information content (AvgIpc) is 3.69. The molecule has 50 heavy (non-hydrogen) atoms. The maximum absolute atomic E-state index is 14.8. The second-order valence-corrected chi connectivity index (χ2v) is 11.4. The lowest BCUT2D eigenvalue weighted by atomic mass is 9.90. The van der Waals surface area contributed by atoms with Gasteiger partial charge in [-0.3, -0.25) is 0 Å². The SMILES string of the molecule is [C-]#[N+]/C(C#N)=c1/c2c(/c(=C(\C#N)[N+]#[C-])c3c1-c1cccc(-c4cc(F)c([N+]#[C-])c(F)c4)c1C3)-c1cccc(-c3cc(F)c(C#N)c(F)c3)c1C2. The Morgan fingerprint density at radius 3 is 1.34 bits per heavy atom. The van der Waals surface area contributed by atoms with Gasteiger partial charge in [0.2, 0.25) is 0 Å². The Labute approximate surface area is 282 Å². The summed E-state index contributed by atoms with van der Waals surface area (Å²) in [7, 11) is 0. The van der Waals surface area contributed by atoms with Crippen molar-refractivity contribution in [2.75, 3.05) is 0 Å². The number of nitriles is 3. The zero-order valence-corrected chi connectivity index (χ0v) is 25.4. The summed E-state index contributed by atoms with van der Waals surface area (Å²) in [5.41, 5.74) is 3.04. The number of hydrogen-bond donors (Lipinski definition) is 0. The minimum absolute atomic E-state index is 0.0562. The molecule has 2 aliphatic carbocycles. The molecule has 0 bridgehead atoms. The molecule has 0 unspecified atom stereocenters. The standard InChI is InChI=1S/C40H14F4N6/c1-48-34(17-46)38-27-14-25-21(19-10-30(41)29(16-45)31(42)11-19)6-4-8-23(25)36(27)39(35(18-47)49-2)28-15-26-22(7-5-9-24(26)37(28)38)20-12-32(43)40(50-3)33(44)13-20/h4-13H,14-15H2/b38-34-,39-35+. The first-order valence-electron chi connectivity index (χ1n) is 14.7. The summed E-state index contributed by atoms with van der Waals surface area (Å²) in [6, 6.07) is 19.7. The Hall–Kier alpha value is -7.50. The van der Waals surface area contributed by atoms with Gasteiger partial charge in [0.15, 0.2) is 0 Å². The fraction of sp³-hybridized carbons (Fsp3) is 0.0500. The zero-order chi connectivity index (χ0) is 35.4. The molecule has 5 aromatic rings. The van der Waals surface area contributed by atoms with E-state index in [1.807, 2.05) is 12.1 Å². The zero-order valence-electron chi connectivity index (χ0n) is 25.4. The van der Waals surface area contributed by atoms with Crippen LogP contribution in [0.1, 0.15) is 27.8 Å². The summed E-state index contributed by atoms with van der Waals surface area (Å²) in [4.78, 5) is 10.0. The van der Waals surface area contributed by atoms with Gasteiger partial charge in [0.25, 0.3) is 17.1 Å². The van der Waals surface area contributed by atoms with E-state index in [1.54, 1.807) is 36.4 Å². The molecule has 0 radical (unpaired) electrons. The minimum atomic E-state index is -1.05.